The van der Waals surface area contributed by atoms with Crippen LogP contribution >= 0.6 is 23.2 Å². The first-order valence-corrected chi connectivity index (χ1v) is 8.74. The summed E-state index contributed by atoms with van der Waals surface area (Å²) in [5.41, 5.74) is 0.971. The van der Waals surface area contributed by atoms with Gasteiger partial charge in [-0.2, -0.15) is 0 Å². The first-order chi connectivity index (χ1) is 10.6. The zero-order chi connectivity index (χ0) is 15.9. The van der Waals surface area contributed by atoms with Gasteiger partial charge in [0, 0.05) is 13.0 Å². The molecule has 0 aromatic heterocycles. The summed E-state index contributed by atoms with van der Waals surface area (Å²) in [6.45, 7) is 4.90. The number of piperidine rings is 1. The van der Waals surface area contributed by atoms with E-state index in [2.05, 4.69) is 17.6 Å². The summed E-state index contributed by atoms with van der Waals surface area (Å²) in [6, 6.07) is 5.59. The highest BCUT2D eigenvalue weighted by molar-refractivity contribution is 6.42. The highest BCUT2D eigenvalue weighted by Gasteiger charge is 2.21. The summed E-state index contributed by atoms with van der Waals surface area (Å²) in [5.74, 6) is 1.15. The predicted octanol–water partition coefficient (Wildman–Crippen LogP) is 3.68. The van der Waals surface area contributed by atoms with E-state index >= 15 is 0 Å². The molecule has 22 heavy (non-hydrogen) atoms. The third kappa shape index (κ3) is 5.15. The van der Waals surface area contributed by atoms with Crippen LogP contribution < -0.4 is 10.6 Å². The maximum Gasteiger partial charge on any atom is 0.220 e. The smallest absolute Gasteiger partial charge is 0.220 e. The molecule has 1 saturated heterocycles. The summed E-state index contributed by atoms with van der Waals surface area (Å²) in [7, 11) is 0. The van der Waals surface area contributed by atoms with Crippen LogP contribution in [0.4, 0.5) is 0 Å². The highest BCUT2D eigenvalue weighted by atomic mass is 35.5. The minimum absolute atomic E-state index is 0.122. The normalized spacial score (nSPS) is 19.7. The van der Waals surface area contributed by atoms with Gasteiger partial charge in [-0.3, -0.25) is 4.79 Å². The van der Waals surface area contributed by atoms with Crippen LogP contribution in [-0.2, 0) is 11.2 Å². The number of rotatable bonds is 6. The Labute approximate surface area is 142 Å². The number of benzene rings is 1. The van der Waals surface area contributed by atoms with Crippen LogP contribution in [0.15, 0.2) is 18.2 Å². The molecule has 2 N–H and O–H groups in total. The fourth-order valence-corrected chi connectivity index (χ4v) is 3.39. The third-order valence-electron chi connectivity index (χ3n) is 4.40. The number of nitrogens with one attached hydrogen (secondary N) is 2. The van der Waals surface area contributed by atoms with E-state index in [0.29, 0.717) is 41.3 Å². The quantitative estimate of drug-likeness (QED) is 0.827. The van der Waals surface area contributed by atoms with E-state index in [1.54, 1.807) is 6.07 Å². The van der Waals surface area contributed by atoms with E-state index in [9.17, 15) is 4.79 Å². The Hall–Kier alpha value is -0.770. The van der Waals surface area contributed by atoms with Crippen molar-refractivity contribution in [2.24, 2.45) is 11.8 Å². The molecule has 1 amide bonds. The maximum atomic E-state index is 12.0. The molecule has 2 atom stereocenters. The van der Waals surface area contributed by atoms with Gasteiger partial charge in [0.25, 0.3) is 0 Å². The Morgan fingerprint density at radius 2 is 2.27 bits per heavy atom. The lowest BCUT2D eigenvalue weighted by Crippen LogP contribution is -2.36. The van der Waals surface area contributed by atoms with Crippen molar-refractivity contribution in [3.8, 4) is 0 Å². The Bertz CT molecular complexity index is 501. The van der Waals surface area contributed by atoms with Gasteiger partial charge in [0.2, 0.25) is 5.91 Å². The van der Waals surface area contributed by atoms with E-state index in [4.69, 9.17) is 23.2 Å². The second kappa shape index (κ2) is 8.76. The Kier molecular flexibility index (Phi) is 7.00. The molecule has 1 aromatic rings. The van der Waals surface area contributed by atoms with Gasteiger partial charge in [0.15, 0.2) is 0 Å². The van der Waals surface area contributed by atoms with Crippen molar-refractivity contribution in [3.63, 3.8) is 0 Å². The molecule has 0 spiro atoms. The summed E-state index contributed by atoms with van der Waals surface area (Å²) in [6.07, 6.45) is 3.73. The Morgan fingerprint density at radius 1 is 1.45 bits per heavy atom. The molecule has 1 heterocycles. The van der Waals surface area contributed by atoms with Crippen molar-refractivity contribution in [1.29, 1.82) is 0 Å². The molecule has 122 valence electrons. The largest absolute Gasteiger partial charge is 0.356 e. The van der Waals surface area contributed by atoms with Gasteiger partial charge in [0.1, 0.15) is 0 Å². The molecule has 0 radical (unpaired) electrons. The first kappa shape index (κ1) is 17.6. The molecule has 0 bridgehead atoms. The molecule has 1 aromatic carbocycles. The summed E-state index contributed by atoms with van der Waals surface area (Å²) in [5, 5.41) is 7.54. The molecule has 1 aliphatic rings. The van der Waals surface area contributed by atoms with Crippen LogP contribution in [0, 0.1) is 11.8 Å². The topological polar surface area (TPSA) is 41.1 Å². The average molecular weight is 343 g/mol. The molecule has 5 heteroatoms. The minimum atomic E-state index is 0.122. The lowest BCUT2D eigenvalue weighted by Gasteiger charge is -2.28. The number of carbonyl (C=O) groups is 1. The molecule has 0 aliphatic carbocycles. The number of hydrogen-bond donors (Lipinski definition) is 2. The van der Waals surface area contributed by atoms with Gasteiger partial charge < -0.3 is 10.6 Å². The van der Waals surface area contributed by atoms with Gasteiger partial charge in [-0.1, -0.05) is 42.3 Å². The molecule has 0 saturated carbocycles. The molecule has 1 aliphatic heterocycles. The predicted molar refractivity (Wildman–Crippen MR) is 92.6 cm³/mol. The highest BCUT2D eigenvalue weighted by Crippen LogP contribution is 2.25. The zero-order valence-electron chi connectivity index (χ0n) is 13.0. The number of hydrogen-bond acceptors (Lipinski definition) is 2. The lowest BCUT2D eigenvalue weighted by molar-refractivity contribution is -0.122. The maximum absolute atomic E-state index is 12.0. The standard InChI is InChI=1S/C17H24Cl2N2O/c1-12(14-5-3-8-20-11-14)10-16(22)21-9-7-13-4-2-6-15(18)17(13)19/h2,4,6,12,14,20H,3,5,7-11H2,1H3,(H,21,22). The van der Waals surface area contributed by atoms with Crippen molar-refractivity contribution < 1.29 is 4.79 Å². The van der Waals surface area contributed by atoms with Gasteiger partial charge >= 0.3 is 0 Å². The van der Waals surface area contributed by atoms with Crippen LogP contribution in [-0.4, -0.2) is 25.5 Å². The molecular weight excluding hydrogens is 319 g/mol. The number of halogens is 2. The van der Waals surface area contributed by atoms with Crippen LogP contribution in [0.5, 0.6) is 0 Å². The SMILES string of the molecule is CC(CC(=O)NCCc1cccc(Cl)c1Cl)C1CCCNC1. The van der Waals surface area contributed by atoms with Crippen LogP contribution in [0.1, 0.15) is 31.7 Å². The van der Waals surface area contributed by atoms with E-state index in [1.807, 2.05) is 12.1 Å². The molecule has 1 fully saturated rings. The second-order valence-corrected chi connectivity index (χ2v) is 6.89. The van der Waals surface area contributed by atoms with Crippen molar-refractivity contribution in [2.45, 2.75) is 32.6 Å². The number of amides is 1. The van der Waals surface area contributed by atoms with Gasteiger partial charge in [0.05, 0.1) is 10.0 Å². The van der Waals surface area contributed by atoms with Crippen molar-refractivity contribution in [3.05, 3.63) is 33.8 Å². The fraction of sp³-hybridized carbons (Fsp3) is 0.588. The van der Waals surface area contributed by atoms with Crippen LogP contribution in [0.25, 0.3) is 0 Å². The first-order valence-electron chi connectivity index (χ1n) is 7.98. The van der Waals surface area contributed by atoms with Crippen LogP contribution in [0.2, 0.25) is 10.0 Å². The van der Waals surface area contributed by atoms with Gasteiger partial charge in [-0.15, -0.1) is 0 Å². The molecular formula is C17H24Cl2N2O. The lowest BCUT2D eigenvalue weighted by atomic mass is 9.85. The van der Waals surface area contributed by atoms with Crippen molar-refractivity contribution in [1.82, 2.24) is 10.6 Å². The van der Waals surface area contributed by atoms with E-state index in [-0.39, 0.29) is 5.91 Å². The zero-order valence-corrected chi connectivity index (χ0v) is 14.5. The molecule has 2 unspecified atom stereocenters. The monoisotopic (exact) mass is 342 g/mol. The number of carbonyl (C=O) groups excluding carboxylic acids is 1. The Balaban J connectivity index is 1.72. The minimum Gasteiger partial charge on any atom is -0.356 e. The fourth-order valence-electron chi connectivity index (χ4n) is 2.97. The summed E-state index contributed by atoms with van der Waals surface area (Å²) < 4.78 is 0. The third-order valence-corrected chi connectivity index (χ3v) is 5.25. The van der Waals surface area contributed by atoms with E-state index in [0.717, 1.165) is 18.7 Å². The van der Waals surface area contributed by atoms with Crippen molar-refractivity contribution in [2.75, 3.05) is 19.6 Å². The van der Waals surface area contributed by atoms with Crippen LogP contribution in [0.3, 0.4) is 0 Å². The van der Waals surface area contributed by atoms with Crippen molar-refractivity contribution >= 4 is 29.1 Å². The summed E-state index contributed by atoms with van der Waals surface area (Å²) in [4.78, 5) is 12.0. The van der Waals surface area contributed by atoms with Gasteiger partial charge in [-0.05, 0) is 55.8 Å². The van der Waals surface area contributed by atoms with E-state index < -0.39 is 0 Å². The van der Waals surface area contributed by atoms with Gasteiger partial charge in [-0.25, -0.2) is 0 Å². The van der Waals surface area contributed by atoms with E-state index in [1.165, 1.54) is 12.8 Å². The molecule has 2 rings (SSSR count). The Morgan fingerprint density at radius 3 is 3.00 bits per heavy atom. The molecule has 3 nitrogen and oxygen atoms in total. The second-order valence-electron chi connectivity index (χ2n) is 6.10. The summed E-state index contributed by atoms with van der Waals surface area (Å²) >= 11 is 12.1. The average Bonchev–Trinajstić information content (AvgIpc) is 2.52.